The summed E-state index contributed by atoms with van der Waals surface area (Å²) in [7, 11) is 1.86. The van der Waals surface area contributed by atoms with Crippen LogP contribution >= 0.6 is 0 Å². The van der Waals surface area contributed by atoms with Crippen LogP contribution in [0.15, 0.2) is 24.3 Å². The summed E-state index contributed by atoms with van der Waals surface area (Å²) in [5.74, 6) is 0. The Hall–Kier alpha value is -1.75. The van der Waals surface area contributed by atoms with Gasteiger partial charge < -0.3 is 20.1 Å². The minimum Gasteiger partial charge on any atom is -0.445 e. The summed E-state index contributed by atoms with van der Waals surface area (Å²) in [5, 5.41) is 12.2. The van der Waals surface area contributed by atoms with Crippen LogP contribution in [0.1, 0.15) is 18.4 Å². The van der Waals surface area contributed by atoms with Crippen LogP contribution < -0.4 is 5.32 Å². The number of likely N-dealkylation sites (tertiary alicyclic amines) is 1. The lowest BCUT2D eigenvalue weighted by Crippen LogP contribution is -2.37. The van der Waals surface area contributed by atoms with Gasteiger partial charge in [0.2, 0.25) is 0 Å². The Morgan fingerprint density at radius 3 is 2.84 bits per heavy atom. The highest BCUT2D eigenvalue weighted by molar-refractivity contribution is 5.68. The Morgan fingerprint density at radius 2 is 2.21 bits per heavy atom. The molecular weight excluding hydrogens is 244 g/mol. The van der Waals surface area contributed by atoms with Gasteiger partial charge in [-0.3, -0.25) is 0 Å². The maximum atomic E-state index is 11.9. The fourth-order valence-electron chi connectivity index (χ4n) is 2.26. The molecule has 0 bridgehead atoms. The van der Waals surface area contributed by atoms with Crippen LogP contribution in [0.3, 0.4) is 0 Å². The number of aliphatic hydroxyl groups is 1. The number of aliphatic hydroxyl groups excluding tert-OH is 1. The molecule has 1 fully saturated rings. The van der Waals surface area contributed by atoms with Crippen LogP contribution in [0.25, 0.3) is 0 Å². The van der Waals surface area contributed by atoms with E-state index in [1.807, 2.05) is 31.3 Å². The molecule has 1 unspecified atom stereocenters. The van der Waals surface area contributed by atoms with E-state index in [1.165, 1.54) is 0 Å². The number of nitrogens with zero attached hydrogens (tertiary/aromatic N) is 1. The number of nitrogens with one attached hydrogen (secondary N) is 1. The predicted octanol–water partition coefficient (Wildman–Crippen LogP) is 1.82. The largest absolute Gasteiger partial charge is 0.445 e. The van der Waals surface area contributed by atoms with Crippen LogP contribution in [0, 0.1) is 0 Å². The molecule has 0 spiro atoms. The Labute approximate surface area is 113 Å². The van der Waals surface area contributed by atoms with Gasteiger partial charge in [-0.2, -0.15) is 0 Å². The molecule has 0 saturated carbocycles. The second-order valence-electron chi connectivity index (χ2n) is 4.67. The van der Waals surface area contributed by atoms with Gasteiger partial charge in [0.05, 0.1) is 12.6 Å². The number of benzene rings is 1. The average Bonchev–Trinajstić information content (AvgIpc) is 2.93. The van der Waals surface area contributed by atoms with Crippen LogP contribution in [-0.4, -0.2) is 42.3 Å². The lowest BCUT2D eigenvalue weighted by Gasteiger charge is -2.22. The van der Waals surface area contributed by atoms with Crippen LogP contribution in [0.4, 0.5) is 10.5 Å². The first-order valence-corrected chi connectivity index (χ1v) is 6.55. The molecule has 1 saturated heterocycles. The zero-order chi connectivity index (χ0) is 13.7. The van der Waals surface area contributed by atoms with Gasteiger partial charge in [-0.05, 0) is 30.5 Å². The molecule has 104 valence electrons. The molecule has 1 amide bonds. The first-order chi connectivity index (χ1) is 9.24. The number of carbonyl (C=O) groups is 1. The molecule has 2 rings (SSSR count). The lowest BCUT2D eigenvalue weighted by atomic mass is 10.2. The minimum absolute atomic E-state index is 0.00592. The molecule has 0 radical (unpaired) electrons. The van der Waals surface area contributed by atoms with Crippen molar-refractivity contribution in [2.24, 2.45) is 0 Å². The predicted molar refractivity (Wildman–Crippen MR) is 73.0 cm³/mol. The van der Waals surface area contributed by atoms with E-state index < -0.39 is 0 Å². The first-order valence-electron chi connectivity index (χ1n) is 6.55. The van der Waals surface area contributed by atoms with Crippen molar-refractivity contribution in [2.45, 2.75) is 25.5 Å². The summed E-state index contributed by atoms with van der Waals surface area (Å²) < 4.78 is 5.27. The number of hydrogen-bond acceptors (Lipinski definition) is 4. The summed E-state index contributed by atoms with van der Waals surface area (Å²) in [4.78, 5) is 13.5. The first kappa shape index (κ1) is 13.7. The summed E-state index contributed by atoms with van der Waals surface area (Å²) in [6, 6.07) is 7.64. The molecule has 1 aliphatic rings. The van der Waals surface area contributed by atoms with Gasteiger partial charge in [-0.25, -0.2) is 4.79 Å². The normalized spacial score (nSPS) is 18.4. The second-order valence-corrected chi connectivity index (χ2v) is 4.67. The molecule has 19 heavy (non-hydrogen) atoms. The van der Waals surface area contributed by atoms with Crippen molar-refractivity contribution < 1.29 is 14.6 Å². The van der Waals surface area contributed by atoms with Crippen molar-refractivity contribution in [3.8, 4) is 0 Å². The highest BCUT2D eigenvalue weighted by Crippen LogP contribution is 2.18. The van der Waals surface area contributed by atoms with Gasteiger partial charge in [0.1, 0.15) is 6.61 Å². The zero-order valence-electron chi connectivity index (χ0n) is 11.1. The maximum Gasteiger partial charge on any atom is 0.410 e. The monoisotopic (exact) mass is 264 g/mol. The minimum atomic E-state index is -0.339. The third-order valence-electron chi connectivity index (χ3n) is 3.43. The molecular formula is C14H20N2O3. The van der Waals surface area contributed by atoms with Crippen molar-refractivity contribution in [3.05, 3.63) is 29.8 Å². The SMILES string of the molecule is CNc1ccc(COC(=O)N2CCCC2CO)cc1. The smallest absolute Gasteiger partial charge is 0.410 e. The van der Waals surface area contributed by atoms with Gasteiger partial charge in [-0.15, -0.1) is 0 Å². The molecule has 1 aliphatic heterocycles. The third kappa shape index (κ3) is 3.38. The second kappa shape index (κ2) is 6.43. The molecule has 1 aromatic rings. The molecule has 5 heteroatoms. The summed E-state index contributed by atoms with van der Waals surface area (Å²) >= 11 is 0. The number of amides is 1. The van der Waals surface area contributed by atoms with Gasteiger partial charge in [0.15, 0.2) is 0 Å². The quantitative estimate of drug-likeness (QED) is 0.871. The molecule has 0 aromatic heterocycles. The Balaban J connectivity index is 1.85. The van der Waals surface area contributed by atoms with E-state index >= 15 is 0 Å². The van der Waals surface area contributed by atoms with Crippen molar-refractivity contribution in [1.82, 2.24) is 4.90 Å². The number of anilines is 1. The van der Waals surface area contributed by atoms with Crippen LogP contribution in [-0.2, 0) is 11.3 Å². The van der Waals surface area contributed by atoms with E-state index in [0.29, 0.717) is 6.54 Å². The van der Waals surface area contributed by atoms with Gasteiger partial charge >= 0.3 is 6.09 Å². The van der Waals surface area contributed by atoms with E-state index in [1.54, 1.807) is 4.90 Å². The topological polar surface area (TPSA) is 61.8 Å². The van der Waals surface area contributed by atoms with E-state index in [4.69, 9.17) is 4.74 Å². The van der Waals surface area contributed by atoms with E-state index in [2.05, 4.69) is 5.32 Å². The number of carbonyl (C=O) groups excluding carboxylic acids is 1. The Bertz CT molecular complexity index is 419. The number of rotatable bonds is 4. The van der Waals surface area contributed by atoms with Gasteiger partial charge in [0.25, 0.3) is 0 Å². The molecule has 1 aromatic carbocycles. The highest BCUT2D eigenvalue weighted by atomic mass is 16.6. The number of ether oxygens (including phenoxy) is 1. The molecule has 1 heterocycles. The fraction of sp³-hybridized carbons (Fsp3) is 0.500. The van der Waals surface area contributed by atoms with Crippen molar-refractivity contribution >= 4 is 11.8 Å². The van der Waals surface area contributed by atoms with Crippen molar-refractivity contribution in [3.63, 3.8) is 0 Å². The highest BCUT2D eigenvalue weighted by Gasteiger charge is 2.29. The molecule has 1 atom stereocenters. The standard InChI is InChI=1S/C14H20N2O3/c1-15-12-6-4-11(5-7-12)10-19-14(18)16-8-2-3-13(16)9-17/h4-7,13,15,17H,2-3,8-10H2,1H3. The van der Waals surface area contributed by atoms with E-state index in [-0.39, 0.29) is 25.3 Å². The van der Waals surface area contributed by atoms with Gasteiger partial charge in [0, 0.05) is 19.3 Å². The molecule has 2 N–H and O–H groups in total. The molecule has 0 aliphatic carbocycles. The summed E-state index contributed by atoms with van der Waals surface area (Å²) in [6.45, 7) is 0.937. The van der Waals surface area contributed by atoms with Gasteiger partial charge in [-0.1, -0.05) is 12.1 Å². The Kier molecular flexibility index (Phi) is 4.63. The lowest BCUT2D eigenvalue weighted by molar-refractivity contribution is 0.0795. The van der Waals surface area contributed by atoms with Crippen LogP contribution in [0.5, 0.6) is 0 Å². The Morgan fingerprint density at radius 1 is 1.47 bits per heavy atom. The van der Waals surface area contributed by atoms with E-state index in [9.17, 15) is 9.90 Å². The van der Waals surface area contributed by atoms with E-state index in [0.717, 1.165) is 24.1 Å². The maximum absolute atomic E-state index is 11.9. The summed E-state index contributed by atoms with van der Waals surface area (Å²) in [5.41, 5.74) is 1.97. The van der Waals surface area contributed by atoms with Crippen molar-refractivity contribution in [2.75, 3.05) is 25.5 Å². The fourth-order valence-corrected chi connectivity index (χ4v) is 2.26. The summed E-state index contributed by atoms with van der Waals surface area (Å²) in [6.07, 6.45) is 1.44. The molecule has 5 nitrogen and oxygen atoms in total. The average molecular weight is 264 g/mol. The zero-order valence-corrected chi connectivity index (χ0v) is 11.1. The van der Waals surface area contributed by atoms with Crippen LogP contribution in [0.2, 0.25) is 0 Å². The van der Waals surface area contributed by atoms with Crippen molar-refractivity contribution in [1.29, 1.82) is 0 Å². The number of hydrogen-bond donors (Lipinski definition) is 2. The third-order valence-corrected chi connectivity index (χ3v) is 3.43.